The number of phenols is 1. The number of phenolic OH excluding ortho intramolecular Hbond substituents is 1. The summed E-state index contributed by atoms with van der Waals surface area (Å²) < 4.78 is 6.06. The second-order valence-corrected chi connectivity index (χ2v) is 15.7. The molecule has 4 heterocycles. The first-order valence-corrected chi connectivity index (χ1v) is 19.3. The molecule has 0 aromatic heterocycles. The molecule has 2 aromatic rings. The highest BCUT2D eigenvalue weighted by molar-refractivity contribution is 9.11. The molecule has 0 saturated carbocycles. The molecule has 0 bridgehead atoms. The van der Waals surface area contributed by atoms with E-state index in [0.717, 1.165) is 62.4 Å². The number of hydrogen-bond donors (Lipinski definition) is 2. The Bertz CT molecular complexity index is 1430. The third kappa shape index (κ3) is 9.70. The van der Waals surface area contributed by atoms with Gasteiger partial charge in [0.2, 0.25) is 5.91 Å². The lowest BCUT2D eigenvalue weighted by Gasteiger charge is -2.41. The monoisotopic (exact) mass is 803 g/mol. The van der Waals surface area contributed by atoms with E-state index in [2.05, 4.69) is 60.0 Å². The van der Waals surface area contributed by atoms with Crippen LogP contribution in [0.1, 0.15) is 63.5 Å². The number of para-hydroxylation sites is 1. The van der Waals surface area contributed by atoms with Crippen LogP contribution in [0.15, 0.2) is 45.3 Å². The average Bonchev–Trinajstić information content (AvgIpc) is 3.28. The predicted molar refractivity (Wildman–Crippen MR) is 199 cm³/mol. The molecule has 0 unspecified atom stereocenters. The predicted octanol–water partition coefficient (Wildman–Crippen LogP) is 7.13. The number of piperidine rings is 3. The first kappa shape index (κ1) is 37.4. The quantitative estimate of drug-likeness (QED) is 0.334. The summed E-state index contributed by atoms with van der Waals surface area (Å²) in [6.07, 6.45) is 7.66. The van der Waals surface area contributed by atoms with E-state index >= 15 is 0 Å². The van der Waals surface area contributed by atoms with E-state index in [4.69, 9.17) is 4.74 Å². The van der Waals surface area contributed by atoms with E-state index < -0.39 is 0 Å². The number of halogens is 2. The fourth-order valence-corrected chi connectivity index (χ4v) is 8.84. The van der Waals surface area contributed by atoms with Gasteiger partial charge >= 0.3 is 12.1 Å². The molecule has 4 aliphatic rings. The molecular formula is C37H51Br2N5O5. The number of likely N-dealkylation sites (tertiary alicyclic amines) is 3. The minimum atomic E-state index is -0.286. The molecule has 2 aromatic carbocycles. The summed E-state index contributed by atoms with van der Waals surface area (Å²) in [4.78, 5) is 45.2. The van der Waals surface area contributed by atoms with Crippen LogP contribution in [-0.2, 0) is 22.4 Å². The van der Waals surface area contributed by atoms with Crippen molar-refractivity contribution in [2.24, 2.45) is 11.8 Å². The van der Waals surface area contributed by atoms with E-state index in [1.54, 1.807) is 4.90 Å². The number of carbonyl (C=O) groups excluding carboxylic acids is 3. The smallest absolute Gasteiger partial charge is 0.409 e. The molecule has 3 fully saturated rings. The van der Waals surface area contributed by atoms with E-state index in [1.807, 2.05) is 42.2 Å². The standard InChI is InChI=1S/C21H30Br2N2O2.C16H21N3O3/c1-14-3-7-24(8-4-14)17-5-9-25(10-6-17)21(27)15(2)11-16-12-18(22)20(26)19(23)13-16;1-22-16(21)18-9-7-13(8-10-18)19-11-6-12-4-2-3-5-14(12)17-15(19)20/h12-15,17,26H,3-11H2,1-2H3;2-5,13H,6-11H2,1H3,(H,17,20)/t15-;/m1./s1. The number of fused-ring (bicyclic) bond motifs is 1. The SMILES string of the molecule is CC1CCN(C2CCN(C(=O)[C@H](C)Cc3cc(Br)c(O)c(Br)c3)CC2)CC1.COC(=O)N1CCC(N2CCc3ccccc3NC2=O)CC1. The second kappa shape index (κ2) is 17.4. The van der Waals surface area contributed by atoms with Gasteiger partial charge in [-0.05, 0) is 132 Å². The summed E-state index contributed by atoms with van der Waals surface area (Å²) in [7, 11) is 1.40. The number of benzene rings is 2. The molecule has 0 radical (unpaired) electrons. The summed E-state index contributed by atoms with van der Waals surface area (Å²) in [6.45, 7) is 10.5. The van der Waals surface area contributed by atoms with Crippen LogP contribution >= 0.6 is 31.9 Å². The van der Waals surface area contributed by atoms with E-state index in [0.29, 0.717) is 41.0 Å². The fourth-order valence-electron chi connectivity index (χ4n) is 7.56. The number of carbonyl (C=O) groups is 3. The summed E-state index contributed by atoms with van der Waals surface area (Å²) in [6, 6.07) is 12.5. The Labute approximate surface area is 307 Å². The van der Waals surface area contributed by atoms with E-state index in [1.165, 1.54) is 38.6 Å². The van der Waals surface area contributed by atoms with Gasteiger partial charge in [-0.1, -0.05) is 32.0 Å². The van der Waals surface area contributed by atoms with Crippen molar-refractivity contribution in [1.29, 1.82) is 0 Å². The van der Waals surface area contributed by atoms with Crippen LogP contribution in [0.5, 0.6) is 5.75 Å². The lowest BCUT2D eigenvalue weighted by Crippen LogP contribution is -2.50. The van der Waals surface area contributed by atoms with Crippen LogP contribution < -0.4 is 5.32 Å². The van der Waals surface area contributed by atoms with Gasteiger partial charge in [0.05, 0.1) is 16.1 Å². The van der Waals surface area contributed by atoms with Crippen LogP contribution in [0.25, 0.3) is 0 Å². The maximum Gasteiger partial charge on any atom is 0.409 e. The number of ether oxygens (including phenoxy) is 1. The molecule has 0 spiro atoms. The zero-order valence-electron chi connectivity index (χ0n) is 29.0. The highest BCUT2D eigenvalue weighted by Gasteiger charge is 2.32. The van der Waals surface area contributed by atoms with Crippen molar-refractivity contribution < 1.29 is 24.2 Å². The summed E-state index contributed by atoms with van der Waals surface area (Å²) >= 11 is 6.74. The van der Waals surface area contributed by atoms with Crippen molar-refractivity contribution in [3.05, 3.63) is 56.5 Å². The van der Waals surface area contributed by atoms with Gasteiger partial charge in [0.1, 0.15) is 5.75 Å². The van der Waals surface area contributed by atoms with Crippen molar-refractivity contribution in [2.45, 2.75) is 77.3 Å². The molecular weight excluding hydrogens is 754 g/mol. The molecule has 6 rings (SSSR count). The Morgan fingerprint density at radius 3 is 2.12 bits per heavy atom. The molecule has 0 aliphatic carbocycles. The normalized spacial score (nSPS) is 20.4. The zero-order valence-corrected chi connectivity index (χ0v) is 32.2. The minimum Gasteiger partial charge on any atom is -0.506 e. The molecule has 4 aliphatic heterocycles. The number of urea groups is 1. The maximum atomic E-state index is 12.9. The van der Waals surface area contributed by atoms with Crippen LogP contribution in [0.2, 0.25) is 0 Å². The van der Waals surface area contributed by atoms with Crippen LogP contribution in [0, 0.1) is 11.8 Å². The molecule has 268 valence electrons. The molecule has 10 nitrogen and oxygen atoms in total. The number of rotatable bonds is 5. The second-order valence-electron chi connectivity index (χ2n) is 14.0. The minimum absolute atomic E-state index is 0.0403. The molecule has 2 N–H and O–H groups in total. The van der Waals surface area contributed by atoms with Gasteiger partial charge in [0.15, 0.2) is 0 Å². The van der Waals surface area contributed by atoms with Gasteiger partial charge in [-0.3, -0.25) is 4.79 Å². The molecule has 3 saturated heterocycles. The highest BCUT2D eigenvalue weighted by Crippen LogP contribution is 2.34. The number of nitrogens with one attached hydrogen (secondary N) is 1. The Morgan fingerprint density at radius 1 is 0.898 bits per heavy atom. The van der Waals surface area contributed by atoms with Gasteiger partial charge < -0.3 is 34.8 Å². The molecule has 1 atom stereocenters. The van der Waals surface area contributed by atoms with Crippen LogP contribution in [-0.4, -0.2) is 108 Å². The maximum absolute atomic E-state index is 12.9. The summed E-state index contributed by atoms with van der Waals surface area (Å²) in [5.41, 5.74) is 3.12. The topological polar surface area (TPSA) is 106 Å². The van der Waals surface area contributed by atoms with Crippen LogP contribution in [0.3, 0.4) is 0 Å². The van der Waals surface area contributed by atoms with Crippen molar-refractivity contribution in [3.63, 3.8) is 0 Å². The summed E-state index contributed by atoms with van der Waals surface area (Å²) in [5, 5.41) is 12.8. The lowest BCUT2D eigenvalue weighted by molar-refractivity contribution is -0.136. The largest absolute Gasteiger partial charge is 0.506 e. The average molecular weight is 806 g/mol. The summed E-state index contributed by atoms with van der Waals surface area (Å²) in [5.74, 6) is 1.26. The first-order valence-electron chi connectivity index (χ1n) is 17.7. The Balaban J connectivity index is 0.000000195. The number of hydrogen-bond acceptors (Lipinski definition) is 6. The van der Waals surface area contributed by atoms with Crippen molar-refractivity contribution in [3.8, 4) is 5.75 Å². The Morgan fingerprint density at radius 2 is 1.49 bits per heavy atom. The van der Waals surface area contributed by atoms with Crippen LogP contribution in [0.4, 0.5) is 15.3 Å². The number of aromatic hydroxyl groups is 1. The fraction of sp³-hybridized carbons (Fsp3) is 0.595. The molecule has 4 amide bonds. The van der Waals surface area contributed by atoms with Gasteiger partial charge in [-0.25, -0.2) is 9.59 Å². The van der Waals surface area contributed by atoms with Gasteiger partial charge in [0, 0.05) is 56.4 Å². The zero-order chi connectivity index (χ0) is 35.1. The molecule has 12 heteroatoms. The number of amides is 4. The van der Waals surface area contributed by atoms with E-state index in [-0.39, 0.29) is 35.7 Å². The van der Waals surface area contributed by atoms with E-state index in [9.17, 15) is 19.5 Å². The number of nitrogens with zero attached hydrogens (tertiary/aromatic N) is 4. The first-order chi connectivity index (χ1) is 23.5. The number of methoxy groups -OCH3 is 1. The van der Waals surface area contributed by atoms with Gasteiger partial charge in [0.25, 0.3) is 0 Å². The van der Waals surface area contributed by atoms with Gasteiger partial charge in [-0.2, -0.15) is 0 Å². The third-order valence-electron chi connectivity index (χ3n) is 10.6. The third-order valence-corrected chi connectivity index (χ3v) is 11.8. The number of anilines is 1. The van der Waals surface area contributed by atoms with Crippen molar-refractivity contribution in [1.82, 2.24) is 19.6 Å². The van der Waals surface area contributed by atoms with Crippen molar-refractivity contribution in [2.75, 3.05) is 58.2 Å². The van der Waals surface area contributed by atoms with Gasteiger partial charge in [-0.15, -0.1) is 0 Å². The van der Waals surface area contributed by atoms with Crippen molar-refractivity contribution >= 4 is 55.6 Å². The lowest BCUT2D eigenvalue weighted by atomic mass is 9.94. The molecule has 49 heavy (non-hydrogen) atoms. The Hall–Kier alpha value is -2.83. The highest BCUT2D eigenvalue weighted by atomic mass is 79.9. The Kier molecular flexibility index (Phi) is 13.3.